The van der Waals surface area contributed by atoms with E-state index in [4.69, 9.17) is 32.2 Å². The van der Waals surface area contributed by atoms with Gasteiger partial charge in [0.15, 0.2) is 22.0 Å². The number of hydrogen-bond donors (Lipinski definition) is 0. The van der Waals surface area contributed by atoms with E-state index in [0.717, 1.165) is 15.9 Å². The minimum atomic E-state index is -5.00. The van der Waals surface area contributed by atoms with E-state index in [1.165, 1.54) is 37.3 Å². The van der Waals surface area contributed by atoms with E-state index in [-0.39, 0.29) is 28.1 Å². The van der Waals surface area contributed by atoms with Crippen molar-refractivity contribution in [3.05, 3.63) is 89.6 Å². The summed E-state index contributed by atoms with van der Waals surface area (Å²) in [5.74, 6) is 1.92. The molecule has 4 rings (SSSR count). The Bertz CT molecular complexity index is 1680. The fraction of sp³-hybridized carbons (Fsp3) is 0.250. The van der Waals surface area contributed by atoms with Crippen molar-refractivity contribution in [1.29, 1.82) is 0 Å². The monoisotopic (exact) mass is 590 g/mol. The Hall–Kier alpha value is -4.01. The van der Waals surface area contributed by atoms with Gasteiger partial charge >= 0.3 is 12.1 Å². The second-order valence-electron chi connectivity index (χ2n) is 8.25. The van der Waals surface area contributed by atoms with Crippen LogP contribution in [-0.2, 0) is 9.53 Å². The molecule has 0 fully saturated rings. The maximum absolute atomic E-state index is 14.2. The molecule has 7 nitrogen and oxygen atoms in total. The third-order valence-corrected chi connectivity index (χ3v) is 6.89. The number of benzene rings is 2. The van der Waals surface area contributed by atoms with Gasteiger partial charge < -0.3 is 14.2 Å². The molecule has 3 aromatic rings. The van der Waals surface area contributed by atoms with Crippen molar-refractivity contribution in [2.24, 2.45) is 4.99 Å². The van der Waals surface area contributed by atoms with Crippen molar-refractivity contribution in [2.75, 3.05) is 19.8 Å². The molecule has 0 aliphatic carbocycles. The van der Waals surface area contributed by atoms with Gasteiger partial charge in [0.25, 0.3) is 5.56 Å². The zero-order valence-corrected chi connectivity index (χ0v) is 22.8. The Morgan fingerprint density at radius 3 is 2.50 bits per heavy atom. The van der Waals surface area contributed by atoms with Gasteiger partial charge in [-0.05, 0) is 55.3 Å². The number of carbonyl (C=O) groups excluding carboxylic acids is 1. The van der Waals surface area contributed by atoms with Crippen molar-refractivity contribution < 1.29 is 32.2 Å². The SMILES string of the molecule is C#CCOc1ccc(/C=c2\sc3n(c2=O)[C@H](c2ccc(Cl)cc2)C(C(=O)OCC)=C(C(F)(F)F)N=3)cc1OCC. The zero-order chi connectivity index (χ0) is 29.0. The fourth-order valence-corrected chi connectivity index (χ4v) is 5.20. The molecule has 2 aromatic carbocycles. The molecule has 40 heavy (non-hydrogen) atoms. The van der Waals surface area contributed by atoms with Gasteiger partial charge in [-0.15, -0.1) is 6.42 Å². The van der Waals surface area contributed by atoms with Crippen molar-refractivity contribution in [3.8, 4) is 23.8 Å². The lowest BCUT2D eigenvalue weighted by Gasteiger charge is -2.26. The Kier molecular flexibility index (Phi) is 8.71. The average Bonchev–Trinajstić information content (AvgIpc) is 3.22. The summed E-state index contributed by atoms with van der Waals surface area (Å²) in [5, 5.41) is 0.327. The van der Waals surface area contributed by atoms with E-state index in [2.05, 4.69) is 10.9 Å². The molecule has 12 heteroatoms. The zero-order valence-electron chi connectivity index (χ0n) is 21.3. The lowest BCUT2D eigenvalue weighted by molar-refractivity contribution is -0.140. The molecule has 0 unspecified atom stereocenters. The molecule has 1 atom stereocenters. The molecule has 0 saturated heterocycles. The van der Waals surface area contributed by atoms with Crippen molar-refractivity contribution >= 4 is 35.0 Å². The molecular weight excluding hydrogens is 569 g/mol. The Morgan fingerprint density at radius 1 is 1.15 bits per heavy atom. The van der Waals surface area contributed by atoms with Crippen LogP contribution in [0, 0.1) is 12.3 Å². The largest absolute Gasteiger partial charge is 0.490 e. The van der Waals surface area contributed by atoms with E-state index < -0.39 is 35.0 Å². The maximum Gasteiger partial charge on any atom is 0.434 e. The molecule has 1 aliphatic heterocycles. The van der Waals surface area contributed by atoms with E-state index in [9.17, 15) is 22.8 Å². The number of halogens is 4. The van der Waals surface area contributed by atoms with Crippen LogP contribution in [0.5, 0.6) is 11.5 Å². The van der Waals surface area contributed by atoms with E-state index in [1.807, 2.05) is 0 Å². The van der Waals surface area contributed by atoms with Crippen LogP contribution in [0.1, 0.15) is 31.0 Å². The standard InChI is InChI=1S/C28H22ClF3N2O5S/c1-4-13-39-19-12-7-16(14-20(19)37-5-2)15-21-25(35)34-23(17-8-10-18(29)11-9-17)22(26(36)38-6-3)24(28(30,31)32)33-27(34)40-21/h1,7-12,14-15,23H,5-6,13H2,2-3H3/b21-15-/t23-/m1/s1. The van der Waals surface area contributed by atoms with Crippen molar-refractivity contribution in [2.45, 2.75) is 26.1 Å². The topological polar surface area (TPSA) is 79.1 Å². The fourth-order valence-electron chi connectivity index (χ4n) is 4.07. The van der Waals surface area contributed by atoms with Crippen LogP contribution in [-0.4, -0.2) is 36.5 Å². The number of carbonyl (C=O) groups is 1. The molecule has 2 heterocycles. The summed E-state index contributed by atoms with van der Waals surface area (Å²) < 4.78 is 59.9. The lowest BCUT2D eigenvalue weighted by Crippen LogP contribution is -2.41. The number of ether oxygens (including phenoxy) is 3. The highest BCUT2D eigenvalue weighted by Gasteiger charge is 2.45. The molecule has 208 valence electrons. The first kappa shape index (κ1) is 29.0. The van der Waals surface area contributed by atoms with Gasteiger partial charge in [-0.2, -0.15) is 13.2 Å². The molecule has 0 spiro atoms. The van der Waals surface area contributed by atoms with Crippen LogP contribution in [0.15, 0.2) is 63.5 Å². The highest BCUT2D eigenvalue weighted by atomic mass is 35.5. The van der Waals surface area contributed by atoms with Gasteiger partial charge in [0.05, 0.1) is 29.4 Å². The first-order chi connectivity index (χ1) is 19.1. The molecular formula is C28H22ClF3N2O5S. The molecule has 1 aromatic heterocycles. The van der Waals surface area contributed by atoms with E-state index >= 15 is 0 Å². The van der Waals surface area contributed by atoms with E-state index in [1.54, 1.807) is 25.1 Å². The second-order valence-corrected chi connectivity index (χ2v) is 9.69. The van der Waals surface area contributed by atoms with Crippen molar-refractivity contribution in [3.63, 3.8) is 0 Å². The Balaban J connectivity index is 1.96. The minimum Gasteiger partial charge on any atom is -0.490 e. The highest BCUT2D eigenvalue weighted by Crippen LogP contribution is 2.38. The Labute approximate surface area is 235 Å². The molecule has 1 aliphatic rings. The minimum absolute atomic E-state index is 0.0209. The van der Waals surface area contributed by atoms with E-state index in [0.29, 0.717) is 28.7 Å². The number of hydrogen-bond acceptors (Lipinski definition) is 7. The number of rotatable bonds is 8. The highest BCUT2D eigenvalue weighted by molar-refractivity contribution is 7.07. The first-order valence-electron chi connectivity index (χ1n) is 12.0. The number of aromatic nitrogens is 1. The summed E-state index contributed by atoms with van der Waals surface area (Å²) >= 11 is 6.76. The van der Waals surface area contributed by atoms with Crippen LogP contribution < -0.4 is 24.4 Å². The molecule has 0 bridgehead atoms. The summed E-state index contributed by atoms with van der Waals surface area (Å²) in [4.78, 5) is 30.1. The van der Waals surface area contributed by atoms with Crippen LogP contribution in [0.2, 0.25) is 5.02 Å². The number of fused-ring (bicyclic) bond motifs is 1. The predicted octanol–water partition coefficient (Wildman–Crippen LogP) is 4.40. The summed E-state index contributed by atoms with van der Waals surface area (Å²) in [5.41, 5.74) is -2.11. The third-order valence-electron chi connectivity index (χ3n) is 5.66. The molecule has 0 saturated carbocycles. The van der Waals surface area contributed by atoms with Gasteiger partial charge in [0.2, 0.25) is 0 Å². The smallest absolute Gasteiger partial charge is 0.434 e. The normalized spacial score (nSPS) is 15.2. The van der Waals surface area contributed by atoms with Crippen LogP contribution in [0.3, 0.4) is 0 Å². The van der Waals surface area contributed by atoms with Gasteiger partial charge in [-0.3, -0.25) is 9.36 Å². The number of terminal acetylenes is 1. The summed E-state index contributed by atoms with van der Waals surface area (Å²) in [6.45, 7) is 3.43. The van der Waals surface area contributed by atoms with Crippen LogP contribution in [0.25, 0.3) is 6.08 Å². The van der Waals surface area contributed by atoms with Gasteiger partial charge in [0.1, 0.15) is 6.61 Å². The number of esters is 1. The number of alkyl halides is 3. The Morgan fingerprint density at radius 2 is 1.88 bits per heavy atom. The first-order valence-corrected chi connectivity index (χ1v) is 13.2. The number of thiazole rings is 1. The summed E-state index contributed by atoms with van der Waals surface area (Å²) in [6.07, 6.45) is 1.76. The molecule has 0 amide bonds. The van der Waals surface area contributed by atoms with Crippen LogP contribution in [0.4, 0.5) is 13.2 Å². The van der Waals surface area contributed by atoms with Gasteiger partial charge in [-0.1, -0.05) is 47.1 Å². The third kappa shape index (κ3) is 5.93. The number of nitrogens with zero attached hydrogens (tertiary/aromatic N) is 2. The maximum atomic E-state index is 14.2. The predicted molar refractivity (Wildman–Crippen MR) is 144 cm³/mol. The second kappa shape index (κ2) is 12.0. The molecule has 0 radical (unpaired) electrons. The average molecular weight is 591 g/mol. The van der Waals surface area contributed by atoms with Gasteiger partial charge in [0, 0.05) is 5.02 Å². The number of allylic oxidation sites excluding steroid dienone is 1. The van der Waals surface area contributed by atoms with Gasteiger partial charge in [-0.25, -0.2) is 9.79 Å². The molecule has 0 N–H and O–H groups in total. The summed E-state index contributed by atoms with van der Waals surface area (Å²) in [6, 6.07) is 9.25. The summed E-state index contributed by atoms with van der Waals surface area (Å²) in [7, 11) is 0. The lowest BCUT2D eigenvalue weighted by atomic mass is 9.95. The quantitative estimate of drug-likeness (QED) is 0.287. The van der Waals surface area contributed by atoms with Crippen LogP contribution >= 0.6 is 22.9 Å². The van der Waals surface area contributed by atoms with Crippen molar-refractivity contribution in [1.82, 2.24) is 4.57 Å².